The van der Waals surface area contributed by atoms with Crippen LogP contribution in [0.4, 0.5) is 0 Å². The van der Waals surface area contributed by atoms with Crippen LogP contribution >= 0.6 is 0 Å². The average Bonchev–Trinajstić information content (AvgIpc) is 3.31. The highest BCUT2D eigenvalue weighted by molar-refractivity contribution is 5.77. The first-order valence-electron chi connectivity index (χ1n) is 8.70. The minimum Gasteiger partial charge on any atom is -0.497 e. The molecule has 0 bridgehead atoms. The predicted octanol–water partition coefficient (Wildman–Crippen LogP) is 3.12. The van der Waals surface area contributed by atoms with Crippen molar-refractivity contribution >= 4 is 5.91 Å². The van der Waals surface area contributed by atoms with E-state index in [0.717, 1.165) is 29.7 Å². The van der Waals surface area contributed by atoms with Gasteiger partial charge in [-0.15, -0.1) is 0 Å². The molecule has 1 fully saturated rings. The van der Waals surface area contributed by atoms with Gasteiger partial charge in [0.15, 0.2) is 0 Å². The summed E-state index contributed by atoms with van der Waals surface area (Å²) in [6.07, 6.45) is 6.08. The van der Waals surface area contributed by atoms with E-state index in [4.69, 9.17) is 9.15 Å². The summed E-state index contributed by atoms with van der Waals surface area (Å²) in [5.41, 5.74) is 0.729. The monoisotopic (exact) mass is 343 g/mol. The van der Waals surface area contributed by atoms with Gasteiger partial charge in [0, 0.05) is 13.0 Å². The highest BCUT2D eigenvalue weighted by Crippen LogP contribution is 2.35. The Morgan fingerprint density at radius 1 is 1.36 bits per heavy atom. The Balaban J connectivity index is 1.71. The summed E-state index contributed by atoms with van der Waals surface area (Å²) in [4.78, 5) is 14.5. The molecule has 1 aliphatic heterocycles. The molecule has 1 aromatic heterocycles. The summed E-state index contributed by atoms with van der Waals surface area (Å²) >= 11 is 0. The second kappa shape index (κ2) is 7.31. The van der Waals surface area contributed by atoms with E-state index in [9.17, 15) is 9.90 Å². The summed E-state index contributed by atoms with van der Waals surface area (Å²) in [6.45, 7) is 2.49. The SMILES string of the molecule is COc1ccc([C@@](C)(O)[C@H]2CCCN2C(=O)CCc2ccoc2)cc1. The van der Waals surface area contributed by atoms with Crippen LogP contribution in [0, 0.1) is 0 Å². The second-order valence-corrected chi connectivity index (χ2v) is 6.75. The lowest BCUT2D eigenvalue weighted by Crippen LogP contribution is -2.48. The zero-order valence-electron chi connectivity index (χ0n) is 14.8. The smallest absolute Gasteiger partial charge is 0.223 e. The number of likely N-dealkylation sites (tertiary alicyclic amines) is 1. The molecule has 5 nitrogen and oxygen atoms in total. The summed E-state index contributed by atoms with van der Waals surface area (Å²) in [5, 5.41) is 11.2. The lowest BCUT2D eigenvalue weighted by molar-refractivity contribution is -0.137. The van der Waals surface area contributed by atoms with Crippen LogP contribution in [0.5, 0.6) is 5.75 Å². The molecule has 2 atom stereocenters. The van der Waals surface area contributed by atoms with Gasteiger partial charge >= 0.3 is 0 Å². The van der Waals surface area contributed by atoms with Crippen molar-refractivity contribution in [3.8, 4) is 5.75 Å². The first-order valence-corrected chi connectivity index (χ1v) is 8.70. The molecule has 0 aliphatic carbocycles. The number of hydrogen-bond acceptors (Lipinski definition) is 4. The van der Waals surface area contributed by atoms with E-state index in [1.54, 1.807) is 26.6 Å². The third kappa shape index (κ3) is 3.71. The maximum atomic E-state index is 12.7. The molecule has 0 spiro atoms. The summed E-state index contributed by atoms with van der Waals surface area (Å²) in [7, 11) is 1.62. The lowest BCUT2D eigenvalue weighted by Gasteiger charge is -2.37. The molecule has 2 aromatic rings. The molecule has 134 valence electrons. The number of aryl methyl sites for hydroxylation is 1. The zero-order valence-corrected chi connectivity index (χ0v) is 14.8. The van der Waals surface area contributed by atoms with E-state index in [2.05, 4.69) is 0 Å². The summed E-state index contributed by atoms with van der Waals surface area (Å²) < 4.78 is 10.2. The fraction of sp³-hybridized carbons (Fsp3) is 0.450. The van der Waals surface area contributed by atoms with Crippen LogP contribution in [-0.2, 0) is 16.8 Å². The van der Waals surface area contributed by atoms with Gasteiger partial charge in [-0.1, -0.05) is 12.1 Å². The molecule has 0 saturated carbocycles. The number of carbonyl (C=O) groups is 1. The summed E-state index contributed by atoms with van der Waals surface area (Å²) in [5.74, 6) is 0.830. The molecule has 25 heavy (non-hydrogen) atoms. The Morgan fingerprint density at radius 3 is 2.76 bits per heavy atom. The topological polar surface area (TPSA) is 62.9 Å². The van der Waals surface area contributed by atoms with Crippen LogP contribution < -0.4 is 4.74 Å². The molecule has 5 heteroatoms. The van der Waals surface area contributed by atoms with Crippen molar-refractivity contribution < 1.29 is 19.1 Å². The van der Waals surface area contributed by atoms with E-state index in [-0.39, 0.29) is 11.9 Å². The maximum absolute atomic E-state index is 12.7. The fourth-order valence-electron chi connectivity index (χ4n) is 3.60. The molecule has 1 aromatic carbocycles. The van der Waals surface area contributed by atoms with Gasteiger partial charge in [-0.25, -0.2) is 0 Å². The highest BCUT2D eigenvalue weighted by Gasteiger charge is 2.42. The van der Waals surface area contributed by atoms with Gasteiger partial charge in [0.2, 0.25) is 5.91 Å². The Labute approximate surface area is 148 Å². The van der Waals surface area contributed by atoms with Crippen LogP contribution in [0.1, 0.15) is 37.3 Å². The van der Waals surface area contributed by atoms with Crippen molar-refractivity contribution in [1.29, 1.82) is 0 Å². The van der Waals surface area contributed by atoms with Crippen molar-refractivity contribution in [1.82, 2.24) is 4.90 Å². The lowest BCUT2D eigenvalue weighted by atomic mass is 9.86. The Morgan fingerprint density at radius 2 is 2.12 bits per heavy atom. The van der Waals surface area contributed by atoms with Crippen LogP contribution in [0.25, 0.3) is 0 Å². The Hall–Kier alpha value is -2.27. The van der Waals surface area contributed by atoms with Gasteiger partial charge in [0.05, 0.1) is 25.7 Å². The van der Waals surface area contributed by atoms with Crippen molar-refractivity contribution in [3.63, 3.8) is 0 Å². The molecule has 1 N–H and O–H groups in total. The minimum atomic E-state index is -1.09. The highest BCUT2D eigenvalue weighted by atomic mass is 16.5. The van der Waals surface area contributed by atoms with Crippen molar-refractivity contribution in [3.05, 3.63) is 54.0 Å². The number of methoxy groups -OCH3 is 1. The predicted molar refractivity (Wildman–Crippen MR) is 94.3 cm³/mol. The van der Waals surface area contributed by atoms with Crippen molar-refractivity contribution in [2.24, 2.45) is 0 Å². The third-order valence-electron chi connectivity index (χ3n) is 5.10. The molecule has 3 rings (SSSR count). The number of rotatable bonds is 6. The van der Waals surface area contributed by atoms with Gasteiger partial charge in [-0.2, -0.15) is 0 Å². The van der Waals surface area contributed by atoms with E-state index >= 15 is 0 Å². The number of furan rings is 1. The van der Waals surface area contributed by atoms with E-state index in [0.29, 0.717) is 19.4 Å². The summed E-state index contributed by atoms with van der Waals surface area (Å²) in [6, 6.07) is 9.07. The van der Waals surface area contributed by atoms with Crippen LogP contribution in [0.2, 0.25) is 0 Å². The number of nitrogens with zero attached hydrogens (tertiary/aromatic N) is 1. The van der Waals surface area contributed by atoms with Crippen LogP contribution in [0.15, 0.2) is 47.3 Å². The van der Waals surface area contributed by atoms with Crippen molar-refractivity contribution in [2.45, 2.75) is 44.2 Å². The molecular formula is C20H25NO4. The normalized spacial score (nSPS) is 19.6. The quantitative estimate of drug-likeness (QED) is 0.875. The zero-order chi connectivity index (χ0) is 17.9. The van der Waals surface area contributed by atoms with E-state index < -0.39 is 5.60 Å². The first kappa shape index (κ1) is 17.5. The standard InChI is InChI=1S/C20H25NO4/c1-20(23,16-6-8-17(24-2)9-7-16)18-4-3-12-21(18)19(22)10-5-15-11-13-25-14-15/h6-9,11,13-14,18,23H,3-5,10,12H2,1-2H3/t18-,20-/m1/s1. The number of amides is 1. The fourth-order valence-corrected chi connectivity index (χ4v) is 3.60. The average molecular weight is 343 g/mol. The van der Waals surface area contributed by atoms with Gasteiger partial charge < -0.3 is 19.2 Å². The molecule has 1 amide bonds. The molecule has 2 heterocycles. The second-order valence-electron chi connectivity index (χ2n) is 6.75. The Kier molecular flexibility index (Phi) is 5.13. The number of carbonyl (C=O) groups excluding carboxylic acids is 1. The van der Waals surface area contributed by atoms with E-state index in [1.165, 1.54) is 0 Å². The Bertz CT molecular complexity index is 691. The van der Waals surface area contributed by atoms with Crippen LogP contribution in [0.3, 0.4) is 0 Å². The van der Waals surface area contributed by atoms with Gasteiger partial charge in [-0.05, 0) is 55.5 Å². The molecule has 1 saturated heterocycles. The molecular weight excluding hydrogens is 318 g/mol. The van der Waals surface area contributed by atoms with Gasteiger partial charge in [-0.3, -0.25) is 4.79 Å². The first-order chi connectivity index (χ1) is 12.0. The number of ether oxygens (including phenoxy) is 1. The van der Waals surface area contributed by atoms with E-state index in [1.807, 2.05) is 35.2 Å². The van der Waals surface area contributed by atoms with Crippen LogP contribution in [-0.4, -0.2) is 35.6 Å². The third-order valence-corrected chi connectivity index (χ3v) is 5.10. The number of hydrogen-bond donors (Lipinski definition) is 1. The van der Waals surface area contributed by atoms with Gasteiger partial charge in [0.1, 0.15) is 11.4 Å². The van der Waals surface area contributed by atoms with Gasteiger partial charge in [0.25, 0.3) is 0 Å². The number of benzene rings is 1. The minimum absolute atomic E-state index is 0.0810. The molecule has 0 radical (unpaired) electrons. The van der Waals surface area contributed by atoms with Crippen molar-refractivity contribution in [2.75, 3.05) is 13.7 Å². The number of aliphatic hydroxyl groups is 1. The maximum Gasteiger partial charge on any atom is 0.223 e. The molecule has 1 aliphatic rings. The largest absolute Gasteiger partial charge is 0.497 e. The molecule has 0 unspecified atom stereocenters.